The van der Waals surface area contributed by atoms with Crippen LogP contribution in [0.15, 0.2) is 155 Å². The summed E-state index contributed by atoms with van der Waals surface area (Å²) in [5.41, 5.74) is 2.80. The predicted molar refractivity (Wildman–Crippen MR) is 186 cm³/mol. The number of anilines is 1. The molecule has 0 amide bonds. The van der Waals surface area contributed by atoms with Gasteiger partial charge in [-0.1, -0.05) is 127 Å². The molecule has 0 unspecified atom stereocenters. The predicted octanol–water partition coefficient (Wildman–Crippen LogP) is 8.83. The van der Waals surface area contributed by atoms with E-state index in [0.717, 1.165) is 10.9 Å². The summed E-state index contributed by atoms with van der Waals surface area (Å²) < 4.78 is 52.4. The average Bonchev–Trinajstić information content (AvgIpc) is 3.47. The molecule has 234 valence electrons. The molecule has 1 heterocycles. The van der Waals surface area contributed by atoms with Gasteiger partial charge >= 0.3 is 7.60 Å². The summed E-state index contributed by atoms with van der Waals surface area (Å²) in [6, 6.07) is 41.8. The minimum absolute atomic E-state index is 0.0256. The van der Waals surface area contributed by atoms with Crippen LogP contribution in [0.25, 0.3) is 33.1 Å². The van der Waals surface area contributed by atoms with E-state index in [2.05, 4.69) is 4.72 Å². The summed E-state index contributed by atoms with van der Waals surface area (Å²) in [7, 11) is -9.48. The van der Waals surface area contributed by atoms with Gasteiger partial charge in [-0.25, -0.2) is 8.42 Å². The van der Waals surface area contributed by atoms with Crippen LogP contribution in [0.3, 0.4) is 0 Å². The van der Waals surface area contributed by atoms with Crippen molar-refractivity contribution in [3.63, 3.8) is 0 Å². The second-order valence-corrected chi connectivity index (χ2v) is 14.8. The highest BCUT2D eigenvalue weighted by Gasteiger charge is 2.53. The molecule has 7 rings (SSSR count). The standard InChI is InChI=1S/C38H30NO6PS/c1-26-20-23-30(24-21-26)39-47(43,44)37-32-18-10-11-19-34(32)45-36(37)35-31-17-9-8-12-27(31)22-25-33(35)38(46(40,41)42,28-13-4-2-5-14-28)29-15-6-3-7-16-29/h2-25,39H,1H3,(H2,40,41,42). The maximum atomic E-state index is 14.5. The van der Waals surface area contributed by atoms with Gasteiger partial charge in [0.15, 0.2) is 5.76 Å². The number of furan rings is 1. The number of fused-ring (bicyclic) bond motifs is 2. The number of benzene rings is 6. The lowest BCUT2D eigenvalue weighted by Crippen LogP contribution is -2.30. The molecular weight excluding hydrogens is 629 g/mol. The Balaban J connectivity index is 1.65. The highest BCUT2D eigenvalue weighted by atomic mass is 32.2. The largest absolute Gasteiger partial charge is 0.455 e. The summed E-state index contributed by atoms with van der Waals surface area (Å²) in [5.74, 6) is -0.0256. The van der Waals surface area contributed by atoms with Crippen molar-refractivity contribution in [3.05, 3.63) is 168 Å². The molecule has 0 bridgehead atoms. The average molecular weight is 660 g/mol. The fourth-order valence-corrected chi connectivity index (χ4v) is 9.29. The SMILES string of the molecule is Cc1ccc(NS(=O)(=O)c2c(-c3c(C(c4ccccc4)(c4ccccc4)P(=O)(O)O)ccc4ccccc34)oc3ccccc23)cc1. The van der Waals surface area contributed by atoms with Crippen molar-refractivity contribution in [3.8, 4) is 11.3 Å². The minimum atomic E-state index is -5.15. The van der Waals surface area contributed by atoms with Gasteiger partial charge in [0.2, 0.25) is 0 Å². The van der Waals surface area contributed by atoms with E-state index >= 15 is 0 Å². The first kappa shape index (κ1) is 30.7. The normalized spacial score (nSPS) is 12.4. The maximum absolute atomic E-state index is 14.5. The van der Waals surface area contributed by atoms with Crippen LogP contribution < -0.4 is 4.72 Å². The zero-order valence-electron chi connectivity index (χ0n) is 25.2. The Hall–Kier alpha value is -4.98. The van der Waals surface area contributed by atoms with Crippen LogP contribution in [0.2, 0.25) is 0 Å². The molecule has 0 spiro atoms. The third-order valence-electron chi connectivity index (χ3n) is 8.49. The third-order valence-corrected chi connectivity index (χ3v) is 11.6. The van der Waals surface area contributed by atoms with Crippen LogP contribution in [0.1, 0.15) is 22.3 Å². The first-order valence-corrected chi connectivity index (χ1v) is 18.0. The quantitative estimate of drug-likeness (QED) is 0.111. The molecule has 7 nitrogen and oxygen atoms in total. The van der Waals surface area contributed by atoms with Crippen LogP contribution in [-0.4, -0.2) is 18.2 Å². The van der Waals surface area contributed by atoms with E-state index in [1.807, 2.05) is 37.3 Å². The van der Waals surface area contributed by atoms with Crippen LogP contribution in [0, 0.1) is 6.92 Å². The third kappa shape index (κ3) is 5.16. The van der Waals surface area contributed by atoms with Crippen molar-refractivity contribution in [1.82, 2.24) is 0 Å². The Kier molecular flexibility index (Phi) is 7.62. The number of nitrogens with one attached hydrogen (secondary N) is 1. The van der Waals surface area contributed by atoms with Gasteiger partial charge in [0.05, 0.1) is 0 Å². The van der Waals surface area contributed by atoms with Gasteiger partial charge < -0.3 is 14.2 Å². The monoisotopic (exact) mass is 659 g/mol. The van der Waals surface area contributed by atoms with Crippen molar-refractivity contribution in [2.45, 2.75) is 17.0 Å². The molecule has 0 aliphatic rings. The molecular formula is C38H30NO6PS. The van der Waals surface area contributed by atoms with E-state index in [1.165, 1.54) is 0 Å². The molecule has 47 heavy (non-hydrogen) atoms. The van der Waals surface area contributed by atoms with Crippen LogP contribution in [0.5, 0.6) is 0 Å². The molecule has 1 aromatic heterocycles. The van der Waals surface area contributed by atoms with E-state index in [-0.39, 0.29) is 21.8 Å². The van der Waals surface area contributed by atoms with Gasteiger partial charge in [0, 0.05) is 16.6 Å². The van der Waals surface area contributed by atoms with E-state index in [4.69, 9.17) is 4.42 Å². The minimum Gasteiger partial charge on any atom is -0.455 e. The van der Waals surface area contributed by atoms with Gasteiger partial charge in [-0.2, -0.15) is 0 Å². The molecule has 0 saturated carbocycles. The lowest BCUT2D eigenvalue weighted by atomic mass is 9.79. The maximum Gasteiger partial charge on any atom is 0.344 e. The van der Waals surface area contributed by atoms with Crippen molar-refractivity contribution in [1.29, 1.82) is 0 Å². The van der Waals surface area contributed by atoms with Gasteiger partial charge in [-0.15, -0.1) is 0 Å². The first-order chi connectivity index (χ1) is 22.6. The van der Waals surface area contributed by atoms with Crippen LogP contribution in [-0.2, 0) is 19.7 Å². The van der Waals surface area contributed by atoms with E-state index in [9.17, 15) is 22.8 Å². The molecule has 0 atom stereocenters. The Morgan fingerprint density at radius 2 is 1.21 bits per heavy atom. The summed E-state index contributed by atoms with van der Waals surface area (Å²) in [6.07, 6.45) is 0. The highest BCUT2D eigenvalue weighted by molar-refractivity contribution is 7.93. The molecule has 6 aromatic carbocycles. The second kappa shape index (κ2) is 11.7. The molecule has 9 heteroatoms. The number of hydrogen-bond donors (Lipinski definition) is 3. The zero-order valence-corrected chi connectivity index (χ0v) is 27.0. The summed E-state index contributed by atoms with van der Waals surface area (Å²) in [5, 5.41) is -0.399. The number of hydrogen-bond acceptors (Lipinski definition) is 4. The van der Waals surface area contributed by atoms with Crippen molar-refractivity contribution >= 4 is 45.0 Å². The topological polar surface area (TPSA) is 117 Å². The highest BCUT2D eigenvalue weighted by Crippen LogP contribution is 2.66. The Bertz CT molecular complexity index is 2360. The number of rotatable bonds is 8. The lowest BCUT2D eigenvalue weighted by Gasteiger charge is -2.37. The smallest absolute Gasteiger partial charge is 0.344 e. The zero-order chi connectivity index (χ0) is 32.8. The Morgan fingerprint density at radius 3 is 1.83 bits per heavy atom. The van der Waals surface area contributed by atoms with E-state index < -0.39 is 22.8 Å². The fourth-order valence-electron chi connectivity index (χ4n) is 6.43. The van der Waals surface area contributed by atoms with Crippen molar-refractivity contribution < 1.29 is 27.2 Å². The summed E-state index contributed by atoms with van der Waals surface area (Å²) >= 11 is 0. The molecule has 3 N–H and O–H groups in total. The Labute approximate surface area is 272 Å². The van der Waals surface area contributed by atoms with Gasteiger partial charge in [0.25, 0.3) is 10.0 Å². The Morgan fingerprint density at radius 1 is 0.660 bits per heavy atom. The van der Waals surface area contributed by atoms with Gasteiger partial charge in [-0.05, 0) is 58.7 Å². The van der Waals surface area contributed by atoms with Crippen molar-refractivity contribution in [2.24, 2.45) is 0 Å². The molecule has 0 aliphatic heterocycles. The molecule has 0 radical (unpaired) electrons. The number of para-hydroxylation sites is 1. The number of aryl methyl sites for hydroxylation is 1. The first-order valence-electron chi connectivity index (χ1n) is 14.9. The van der Waals surface area contributed by atoms with Gasteiger partial charge in [-0.3, -0.25) is 9.29 Å². The van der Waals surface area contributed by atoms with E-state index in [1.54, 1.807) is 115 Å². The number of sulfonamides is 1. The summed E-state index contributed by atoms with van der Waals surface area (Å²) in [6.45, 7) is 1.91. The van der Waals surface area contributed by atoms with Crippen molar-refractivity contribution in [2.75, 3.05) is 4.72 Å². The lowest BCUT2D eigenvalue weighted by molar-refractivity contribution is 0.349. The molecule has 7 aromatic rings. The van der Waals surface area contributed by atoms with Crippen LogP contribution >= 0.6 is 7.60 Å². The molecule has 0 saturated heterocycles. The van der Waals surface area contributed by atoms with Gasteiger partial charge in [0.1, 0.15) is 15.6 Å². The van der Waals surface area contributed by atoms with Crippen LogP contribution in [0.4, 0.5) is 5.69 Å². The summed E-state index contributed by atoms with van der Waals surface area (Å²) in [4.78, 5) is 23.0. The van der Waals surface area contributed by atoms with E-state index in [0.29, 0.717) is 33.2 Å². The fraction of sp³-hybridized carbons (Fsp3) is 0.0526. The molecule has 0 aliphatic carbocycles. The molecule has 0 fully saturated rings. The second-order valence-electron chi connectivity index (χ2n) is 11.4.